The maximum Gasteiger partial charge on any atom is 0.407 e. The lowest BCUT2D eigenvalue weighted by molar-refractivity contribution is -0.161. The molecule has 0 saturated carbocycles. The summed E-state index contributed by atoms with van der Waals surface area (Å²) in [5.41, 5.74) is 0.0807. The van der Waals surface area contributed by atoms with Gasteiger partial charge in [-0.1, -0.05) is 92.6 Å². The van der Waals surface area contributed by atoms with Gasteiger partial charge in [-0.05, 0) is 75.6 Å². The second-order valence-electron chi connectivity index (χ2n) is 17.2. The Morgan fingerprint density at radius 2 is 1.35 bits per heavy atom. The smallest absolute Gasteiger partial charge is 0.407 e. The van der Waals surface area contributed by atoms with E-state index in [2.05, 4.69) is 49.8 Å². The number of benzene rings is 1. The normalized spacial score (nSPS) is 15.3. The van der Waals surface area contributed by atoms with Crippen molar-refractivity contribution in [1.29, 1.82) is 0 Å². The highest BCUT2D eigenvalue weighted by atomic mass is 28.4. The van der Waals surface area contributed by atoms with Gasteiger partial charge in [-0.15, -0.1) is 0 Å². The van der Waals surface area contributed by atoms with Gasteiger partial charge in [0.15, 0.2) is 14.4 Å². The second-order valence-corrected chi connectivity index (χ2v) is 22.0. The first-order valence-electron chi connectivity index (χ1n) is 18.4. The van der Waals surface area contributed by atoms with E-state index in [9.17, 15) is 24.0 Å². The molecule has 0 heterocycles. The Labute approximate surface area is 313 Å². The molecular weight excluding hydrogens is 683 g/mol. The quantitative estimate of drug-likeness (QED) is 0.0848. The average Bonchev–Trinajstić information content (AvgIpc) is 2.98. The summed E-state index contributed by atoms with van der Waals surface area (Å²) in [4.78, 5) is 66.4. The molecule has 0 aromatic heterocycles. The summed E-state index contributed by atoms with van der Waals surface area (Å²) < 4.78 is 23.5. The van der Waals surface area contributed by atoms with Crippen molar-refractivity contribution >= 4 is 38.2 Å². The number of alkyl carbamates (subject to hydrolysis) is 1. The minimum absolute atomic E-state index is 0.00937. The highest BCUT2D eigenvalue weighted by Crippen LogP contribution is 2.38. The minimum Gasteiger partial charge on any atom is -0.459 e. The molecule has 0 radical (unpaired) electrons. The van der Waals surface area contributed by atoms with E-state index < -0.39 is 80.0 Å². The van der Waals surface area contributed by atoms with E-state index >= 15 is 0 Å². The van der Waals surface area contributed by atoms with E-state index in [1.165, 1.54) is 6.92 Å². The van der Waals surface area contributed by atoms with Gasteiger partial charge in [0.05, 0.1) is 18.6 Å². The molecule has 3 N–H and O–H groups in total. The topological polar surface area (TPSA) is 158 Å². The molecule has 0 aliphatic rings. The SMILES string of the molecule is CC(C)C[C@H](NC(=O)[C@@H](OC(=O)C[C@@H](O[Si](C)(C)C(C)(C)C)C(NC(=O)OC(C)(C)C)C(C)C)C(C)C)C(=O)N[C@@H](C)C(=O)OCc1ccccc1. The highest BCUT2D eigenvalue weighted by Gasteiger charge is 2.43. The predicted molar refractivity (Wildman–Crippen MR) is 205 cm³/mol. The fraction of sp³-hybridized carbons (Fsp3) is 0.718. The van der Waals surface area contributed by atoms with E-state index in [1.807, 2.05) is 58.0 Å². The Balaban J connectivity index is 3.19. The molecule has 1 aromatic carbocycles. The summed E-state index contributed by atoms with van der Waals surface area (Å²) >= 11 is 0. The van der Waals surface area contributed by atoms with E-state index in [0.717, 1.165) is 5.56 Å². The molecule has 296 valence electrons. The minimum atomic E-state index is -2.48. The van der Waals surface area contributed by atoms with Gasteiger partial charge in [-0.25, -0.2) is 9.59 Å². The zero-order valence-electron chi connectivity index (χ0n) is 34.3. The Morgan fingerprint density at radius 1 is 0.769 bits per heavy atom. The molecule has 0 aliphatic carbocycles. The molecule has 13 heteroatoms. The number of rotatable bonds is 18. The fourth-order valence-electron chi connectivity index (χ4n) is 4.96. The highest BCUT2D eigenvalue weighted by molar-refractivity contribution is 6.74. The van der Waals surface area contributed by atoms with E-state index in [-0.39, 0.29) is 36.3 Å². The van der Waals surface area contributed by atoms with Crippen LogP contribution in [0.3, 0.4) is 0 Å². The van der Waals surface area contributed by atoms with Gasteiger partial charge in [0.2, 0.25) is 5.91 Å². The molecule has 12 nitrogen and oxygen atoms in total. The number of amides is 3. The van der Waals surface area contributed by atoms with Crippen molar-refractivity contribution < 1.29 is 42.6 Å². The average molecular weight is 750 g/mol. The maximum absolute atomic E-state index is 13.7. The summed E-state index contributed by atoms with van der Waals surface area (Å²) in [5.74, 6) is -3.08. The fourth-order valence-corrected chi connectivity index (χ4v) is 6.30. The van der Waals surface area contributed by atoms with Crippen molar-refractivity contribution in [1.82, 2.24) is 16.0 Å². The third-order valence-corrected chi connectivity index (χ3v) is 13.3. The van der Waals surface area contributed by atoms with Crippen LogP contribution in [0.4, 0.5) is 4.79 Å². The summed E-state index contributed by atoms with van der Waals surface area (Å²) in [6, 6.07) is 6.60. The molecule has 0 bridgehead atoms. The van der Waals surface area contributed by atoms with Crippen molar-refractivity contribution in [2.45, 2.75) is 164 Å². The molecule has 52 heavy (non-hydrogen) atoms. The van der Waals surface area contributed by atoms with Crippen LogP contribution < -0.4 is 16.0 Å². The number of ether oxygens (including phenoxy) is 3. The van der Waals surface area contributed by atoms with Crippen LogP contribution >= 0.6 is 0 Å². The van der Waals surface area contributed by atoms with Crippen molar-refractivity contribution in [3.8, 4) is 0 Å². The standard InChI is InChI=1S/C39H67N3O9Si/c1-24(2)21-29(34(44)40-27(7)36(46)48-23-28-19-17-16-18-20-28)41-35(45)33(26(5)6)49-31(43)22-30(51-52(14,15)39(11,12)13)32(25(3)4)42-37(47)50-38(8,9)10/h16-20,24-27,29-30,32-33H,21-23H2,1-15H3,(H,40,44)(H,41,45)(H,42,47)/t27-,29-,30+,32?,33-/m0/s1. The zero-order valence-corrected chi connectivity index (χ0v) is 35.3. The van der Waals surface area contributed by atoms with Gasteiger partial charge >= 0.3 is 18.0 Å². The maximum atomic E-state index is 13.7. The molecule has 1 aromatic rings. The third-order valence-electron chi connectivity index (χ3n) is 8.82. The van der Waals surface area contributed by atoms with E-state index in [1.54, 1.807) is 34.6 Å². The van der Waals surface area contributed by atoms with Gasteiger partial charge in [-0.2, -0.15) is 0 Å². The van der Waals surface area contributed by atoms with Crippen LogP contribution in [0.25, 0.3) is 0 Å². The number of hydrogen-bond acceptors (Lipinski definition) is 9. The molecule has 0 fully saturated rings. The second kappa shape index (κ2) is 20.1. The molecule has 3 amide bonds. The van der Waals surface area contributed by atoms with Gasteiger partial charge in [-0.3, -0.25) is 14.4 Å². The number of hydrogen-bond donors (Lipinski definition) is 3. The van der Waals surface area contributed by atoms with Crippen molar-refractivity contribution in [3.63, 3.8) is 0 Å². The Hall–Kier alpha value is -3.45. The van der Waals surface area contributed by atoms with Crippen LogP contribution in [0.5, 0.6) is 0 Å². The molecule has 5 atom stereocenters. The lowest BCUT2D eigenvalue weighted by atomic mass is 9.96. The summed E-state index contributed by atoms with van der Waals surface area (Å²) in [5, 5.41) is 8.13. The van der Waals surface area contributed by atoms with Crippen LogP contribution in [-0.4, -0.2) is 74.1 Å². The summed E-state index contributed by atoms with van der Waals surface area (Å²) in [6.07, 6.45) is -2.60. The number of carbonyl (C=O) groups is 5. The monoisotopic (exact) mass is 749 g/mol. The Bertz CT molecular complexity index is 1320. The molecule has 0 saturated heterocycles. The zero-order chi connectivity index (χ0) is 40.2. The van der Waals surface area contributed by atoms with Gasteiger partial charge in [0, 0.05) is 0 Å². The molecule has 1 unspecified atom stereocenters. The van der Waals surface area contributed by atoms with Crippen LogP contribution in [0, 0.1) is 17.8 Å². The predicted octanol–water partition coefficient (Wildman–Crippen LogP) is 6.66. The number of carbonyl (C=O) groups excluding carboxylic acids is 5. The summed E-state index contributed by atoms with van der Waals surface area (Å²) in [7, 11) is -2.48. The van der Waals surface area contributed by atoms with Crippen molar-refractivity contribution in [2.24, 2.45) is 17.8 Å². The largest absolute Gasteiger partial charge is 0.459 e. The lowest BCUT2D eigenvalue weighted by Crippen LogP contribution is -2.55. The van der Waals surface area contributed by atoms with Crippen LogP contribution in [0.2, 0.25) is 18.1 Å². The van der Waals surface area contributed by atoms with E-state index in [0.29, 0.717) is 0 Å². The van der Waals surface area contributed by atoms with Crippen molar-refractivity contribution in [3.05, 3.63) is 35.9 Å². The molecule has 1 rings (SSSR count). The Morgan fingerprint density at radius 3 is 1.83 bits per heavy atom. The third kappa shape index (κ3) is 16.5. The first-order chi connectivity index (χ1) is 23.7. The van der Waals surface area contributed by atoms with Crippen LogP contribution in [0.15, 0.2) is 30.3 Å². The van der Waals surface area contributed by atoms with Gasteiger partial charge in [0.1, 0.15) is 24.3 Å². The number of nitrogens with one attached hydrogen (secondary N) is 3. The molecule has 0 spiro atoms. The van der Waals surface area contributed by atoms with Crippen LogP contribution in [-0.2, 0) is 44.4 Å². The number of esters is 2. The first-order valence-corrected chi connectivity index (χ1v) is 21.3. The van der Waals surface area contributed by atoms with E-state index in [4.69, 9.17) is 18.6 Å². The van der Waals surface area contributed by atoms with Crippen molar-refractivity contribution in [2.75, 3.05) is 0 Å². The lowest BCUT2D eigenvalue weighted by Gasteiger charge is -2.42. The van der Waals surface area contributed by atoms with Gasteiger partial charge in [0.25, 0.3) is 5.91 Å². The molecule has 0 aliphatic heterocycles. The van der Waals surface area contributed by atoms with Crippen LogP contribution in [0.1, 0.15) is 108 Å². The molecular formula is C39H67N3O9Si. The Kier molecular flexibility index (Phi) is 18.0. The van der Waals surface area contributed by atoms with Gasteiger partial charge < -0.3 is 34.6 Å². The first kappa shape index (κ1) is 46.6. The summed E-state index contributed by atoms with van der Waals surface area (Å²) in [6.45, 7) is 28.4.